The standard InChI is InChI=1S/C13H13BrN2O/c14-9-6-4-8(5-7-9)13-12-10(15-16-13)2-1-3-11(12)17/h4-7,10,12,15H,1-3H2. The van der Waals surface area contributed by atoms with Gasteiger partial charge in [0.1, 0.15) is 5.78 Å². The van der Waals surface area contributed by atoms with E-state index < -0.39 is 0 Å². The van der Waals surface area contributed by atoms with Gasteiger partial charge in [0.25, 0.3) is 0 Å². The lowest BCUT2D eigenvalue weighted by Gasteiger charge is -2.24. The largest absolute Gasteiger partial charge is 0.306 e. The van der Waals surface area contributed by atoms with E-state index in [9.17, 15) is 4.79 Å². The van der Waals surface area contributed by atoms with E-state index in [0.717, 1.165) is 28.6 Å². The number of rotatable bonds is 1. The molecule has 1 saturated carbocycles. The first-order valence-corrected chi connectivity index (χ1v) is 6.67. The third-order valence-electron chi connectivity index (χ3n) is 3.47. The lowest BCUT2D eigenvalue weighted by molar-refractivity contribution is -0.122. The van der Waals surface area contributed by atoms with E-state index in [2.05, 4.69) is 26.5 Å². The average molecular weight is 293 g/mol. The van der Waals surface area contributed by atoms with Crippen LogP contribution in [0.3, 0.4) is 0 Å². The molecule has 3 rings (SSSR count). The van der Waals surface area contributed by atoms with Crippen molar-refractivity contribution in [2.75, 3.05) is 0 Å². The van der Waals surface area contributed by atoms with Gasteiger partial charge in [0.2, 0.25) is 0 Å². The van der Waals surface area contributed by atoms with Gasteiger partial charge in [-0.25, -0.2) is 0 Å². The molecule has 1 fully saturated rings. The summed E-state index contributed by atoms with van der Waals surface area (Å²) in [5.41, 5.74) is 5.06. The van der Waals surface area contributed by atoms with Gasteiger partial charge in [-0.2, -0.15) is 5.10 Å². The average Bonchev–Trinajstić information content (AvgIpc) is 2.75. The Morgan fingerprint density at radius 2 is 2.06 bits per heavy atom. The van der Waals surface area contributed by atoms with Crippen molar-refractivity contribution in [3.8, 4) is 0 Å². The summed E-state index contributed by atoms with van der Waals surface area (Å²) in [7, 11) is 0. The van der Waals surface area contributed by atoms with Gasteiger partial charge in [-0.15, -0.1) is 0 Å². The first-order chi connectivity index (χ1) is 8.25. The lowest BCUT2D eigenvalue weighted by atomic mass is 9.80. The molecule has 0 aromatic heterocycles. The summed E-state index contributed by atoms with van der Waals surface area (Å²) in [4.78, 5) is 12.0. The number of hydrogen-bond donors (Lipinski definition) is 1. The molecule has 1 aliphatic heterocycles. The fraction of sp³-hybridized carbons (Fsp3) is 0.385. The molecule has 2 unspecified atom stereocenters. The number of hydrogen-bond acceptors (Lipinski definition) is 3. The molecular weight excluding hydrogens is 280 g/mol. The van der Waals surface area contributed by atoms with E-state index >= 15 is 0 Å². The van der Waals surface area contributed by atoms with Gasteiger partial charge in [0, 0.05) is 10.9 Å². The summed E-state index contributed by atoms with van der Waals surface area (Å²) in [5, 5.41) is 4.36. The first kappa shape index (κ1) is 11.0. The number of nitrogens with zero attached hydrogens (tertiary/aromatic N) is 1. The van der Waals surface area contributed by atoms with Crippen LogP contribution in [0.15, 0.2) is 33.8 Å². The minimum atomic E-state index is -0.0371. The number of ketones is 1. The molecule has 0 saturated heterocycles. The monoisotopic (exact) mass is 292 g/mol. The maximum absolute atomic E-state index is 12.0. The molecule has 0 amide bonds. The molecule has 2 atom stereocenters. The molecule has 17 heavy (non-hydrogen) atoms. The van der Waals surface area contributed by atoms with Gasteiger partial charge in [-0.1, -0.05) is 28.1 Å². The molecular formula is C13H13BrN2O. The second kappa shape index (κ2) is 4.26. The number of carbonyl (C=O) groups excluding carboxylic acids is 1. The molecule has 3 nitrogen and oxygen atoms in total. The maximum atomic E-state index is 12.0. The zero-order valence-electron chi connectivity index (χ0n) is 9.32. The topological polar surface area (TPSA) is 41.5 Å². The Morgan fingerprint density at radius 1 is 1.29 bits per heavy atom. The Bertz CT molecular complexity index is 481. The van der Waals surface area contributed by atoms with Crippen LogP contribution < -0.4 is 5.43 Å². The molecule has 88 valence electrons. The van der Waals surface area contributed by atoms with Crippen molar-refractivity contribution >= 4 is 27.4 Å². The van der Waals surface area contributed by atoms with Gasteiger partial charge in [0.05, 0.1) is 17.7 Å². The van der Waals surface area contributed by atoms with Crippen LogP contribution >= 0.6 is 15.9 Å². The molecule has 0 radical (unpaired) electrons. The van der Waals surface area contributed by atoms with Crippen LogP contribution in [0.25, 0.3) is 0 Å². The van der Waals surface area contributed by atoms with Crippen LogP contribution in [0.1, 0.15) is 24.8 Å². The number of benzene rings is 1. The van der Waals surface area contributed by atoms with Crippen molar-refractivity contribution in [1.82, 2.24) is 5.43 Å². The Kier molecular flexibility index (Phi) is 2.74. The van der Waals surface area contributed by atoms with E-state index in [4.69, 9.17) is 0 Å². The van der Waals surface area contributed by atoms with Crippen LogP contribution in [-0.4, -0.2) is 17.5 Å². The smallest absolute Gasteiger partial charge is 0.144 e. The second-order valence-electron chi connectivity index (χ2n) is 4.58. The van der Waals surface area contributed by atoms with Crippen molar-refractivity contribution in [2.24, 2.45) is 11.0 Å². The van der Waals surface area contributed by atoms with E-state index in [1.54, 1.807) is 0 Å². The van der Waals surface area contributed by atoms with Gasteiger partial charge in [-0.3, -0.25) is 4.79 Å². The van der Waals surface area contributed by atoms with E-state index in [-0.39, 0.29) is 12.0 Å². The summed E-state index contributed by atoms with van der Waals surface area (Å²) in [6.45, 7) is 0. The highest BCUT2D eigenvalue weighted by Crippen LogP contribution is 2.29. The first-order valence-electron chi connectivity index (χ1n) is 5.87. The van der Waals surface area contributed by atoms with Crippen LogP contribution in [-0.2, 0) is 4.79 Å². The summed E-state index contributed by atoms with van der Waals surface area (Å²) < 4.78 is 1.04. The normalized spacial score (nSPS) is 27.4. The molecule has 1 heterocycles. The summed E-state index contributed by atoms with van der Waals surface area (Å²) in [5.74, 6) is 0.290. The van der Waals surface area contributed by atoms with E-state index in [1.165, 1.54) is 0 Å². The highest BCUT2D eigenvalue weighted by Gasteiger charge is 2.39. The van der Waals surface area contributed by atoms with Gasteiger partial charge >= 0.3 is 0 Å². The minimum Gasteiger partial charge on any atom is -0.306 e. The molecule has 2 aliphatic rings. The Morgan fingerprint density at radius 3 is 2.82 bits per heavy atom. The molecule has 0 spiro atoms. The maximum Gasteiger partial charge on any atom is 0.144 e. The fourth-order valence-corrected chi connectivity index (χ4v) is 2.88. The van der Waals surface area contributed by atoms with Gasteiger partial charge in [0.15, 0.2) is 0 Å². The molecule has 1 aromatic rings. The molecule has 1 aromatic carbocycles. The van der Waals surface area contributed by atoms with Crippen LogP contribution in [0.2, 0.25) is 0 Å². The second-order valence-corrected chi connectivity index (χ2v) is 5.49. The lowest BCUT2D eigenvalue weighted by Crippen LogP contribution is -2.39. The van der Waals surface area contributed by atoms with Crippen LogP contribution in [0.5, 0.6) is 0 Å². The van der Waals surface area contributed by atoms with Crippen molar-refractivity contribution in [1.29, 1.82) is 0 Å². The Labute approximate surface area is 108 Å². The molecule has 4 heteroatoms. The number of Topliss-reactive ketones (excluding diaryl/α,β-unsaturated/α-hetero) is 1. The highest BCUT2D eigenvalue weighted by molar-refractivity contribution is 9.10. The molecule has 1 aliphatic carbocycles. The van der Waals surface area contributed by atoms with Crippen molar-refractivity contribution in [3.05, 3.63) is 34.3 Å². The summed E-state index contributed by atoms with van der Waals surface area (Å²) >= 11 is 3.41. The molecule has 1 N–H and O–H groups in total. The third kappa shape index (κ3) is 1.90. The Hall–Kier alpha value is -1.16. The van der Waals surface area contributed by atoms with Crippen LogP contribution in [0.4, 0.5) is 0 Å². The number of carbonyl (C=O) groups is 1. The number of halogens is 1. The number of nitrogens with one attached hydrogen (secondary N) is 1. The fourth-order valence-electron chi connectivity index (χ4n) is 2.61. The quantitative estimate of drug-likeness (QED) is 0.864. The van der Waals surface area contributed by atoms with Crippen molar-refractivity contribution in [3.63, 3.8) is 0 Å². The van der Waals surface area contributed by atoms with Gasteiger partial charge in [-0.05, 0) is 30.5 Å². The Balaban J connectivity index is 1.93. The van der Waals surface area contributed by atoms with Crippen molar-refractivity contribution < 1.29 is 4.79 Å². The minimum absolute atomic E-state index is 0.0371. The van der Waals surface area contributed by atoms with E-state index in [0.29, 0.717) is 12.2 Å². The SMILES string of the molecule is O=C1CCCC2NN=C(c3ccc(Br)cc3)C12. The zero-order chi connectivity index (χ0) is 11.8. The predicted octanol–water partition coefficient (Wildman–Crippen LogP) is 2.49. The molecule has 0 bridgehead atoms. The summed E-state index contributed by atoms with van der Waals surface area (Å²) in [6, 6.07) is 8.20. The number of fused-ring (bicyclic) bond motifs is 1. The zero-order valence-corrected chi connectivity index (χ0v) is 10.9. The third-order valence-corrected chi connectivity index (χ3v) is 4.00. The number of hydrazone groups is 1. The highest BCUT2D eigenvalue weighted by atomic mass is 79.9. The van der Waals surface area contributed by atoms with Gasteiger partial charge < -0.3 is 5.43 Å². The van der Waals surface area contributed by atoms with Crippen LogP contribution in [0, 0.1) is 5.92 Å². The summed E-state index contributed by atoms with van der Waals surface area (Å²) in [6.07, 6.45) is 2.72. The van der Waals surface area contributed by atoms with Crippen molar-refractivity contribution in [2.45, 2.75) is 25.3 Å². The predicted molar refractivity (Wildman–Crippen MR) is 70.0 cm³/mol. The van der Waals surface area contributed by atoms with E-state index in [1.807, 2.05) is 24.3 Å².